The van der Waals surface area contributed by atoms with Crippen LogP contribution in [0.3, 0.4) is 0 Å². The summed E-state index contributed by atoms with van der Waals surface area (Å²) < 4.78 is 30.1. The minimum Gasteiger partial charge on any atom is -0.494 e. The molecule has 5 N–H and O–H groups in total. The SMILES string of the molecule is COc1cc(Cl)cc2c1NC(Nc1ccc3c(c1)CNC3=O)=NS2(O)O. The molecule has 0 saturated carbocycles. The minimum atomic E-state index is -3.45. The monoisotopic (exact) mass is 394 g/mol. The summed E-state index contributed by atoms with van der Waals surface area (Å²) in [7, 11) is -1.99. The number of hydrogen-bond donors (Lipinski definition) is 5. The van der Waals surface area contributed by atoms with Crippen LogP contribution in [0.25, 0.3) is 0 Å². The van der Waals surface area contributed by atoms with E-state index in [-0.39, 0.29) is 16.8 Å². The number of benzene rings is 2. The van der Waals surface area contributed by atoms with Gasteiger partial charge in [-0.1, -0.05) is 22.4 Å². The summed E-state index contributed by atoms with van der Waals surface area (Å²) in [5.41, 5.74) is 2.51. The number of anilines is 2. The summed E-state index contributed by atoms with van der Waals surface area (Å²) in [6, 6.07) is 8.23. The summed E-state index contributed by atoms with van der Waals surface area (Å²) in [5, 5.41) is 9.05. The molecule has 136 valence electrons. The van der Waals surface area contributed by atoms with Gasteiger partial charge in [0, 0.05) is 28.9 Å². The quantitative estimate of drug-likeness (QED) is 0.532. The van der Waals surface area contributed by atoms with Gasteiger partial charge in [-0.05, 0) is 29.8 Å². The second kappa shape index (κ2) is 6.06. The Balaban J connectivity index is 1.67. The van der Waals surface area contributed by atoms with Crippen LogP contribution in [0.4, 0.5) is 11.4 Å². The molecule has 4 rings (SSSR count). The van der Waals surface area contributed by atoms with E-state index in [4.69, 9.17) is 16.3 Å². The van der Waals surface area contributed by atoms with Gasteiger partial charge in [-0.2, -0.15) is 0 Å². The molecule has 0 atom stereocenters. The van der Waals surface area contributed by atoms with Gasteiger partial charge in [-0.3, -0.25) is 13.9 Å². The van der Waals surface area contributed by atoms with E-state index in [2.05, 4.69) is 20.3 Å². The zero-order chi connectivity index (χ0) is 18.5. The maximum Gasteiger partial charge on any atom is 0.251 e. The van der Waals surface area contributed by atoms with Crippen LogP contribution in [0.2, 0.25) is 5.02 Å². The van der Waals surface area contributed by atoms with Crippen molar-refractivity contribution in [1.82, 2.24) is 5.32 Å². The van der Waals surface area contributed by atoms with E-state index in [1.165, 1.54) is 13.2 Å². The van der Waals surface area contributed by atoms with E-state index >= 15 is 0 Å². The zero-order valence-electron chi connectivity index (χ0n) is 13.5. The predicted molar refractivity (Wildman–Crippen MR) is 101 cm³/mol. The number of amides is 1. The first-order chi connectivity index (χ1) is 12.4. The molecule has 0 aliphatic carbocycles. The van der Waals surface area contributed by atoms with Crippen molar-refractivity contribution in [2.24, 2.45) is 4.40 Å². The van der Waals surface area contributed by atoms with Crippen molar-refractivity contribution in [3.8, 4) is 5.75 Å². The summed E-state index contributed by atoms with van der Waals surface area (Å²) >= 11 is 6.01. The lowest BCUT2D eigenvalue weighted by Gasteiger charge is -2.34. The highest BCUT2D eigenvalue weighted by molar-refractivity contribution is 8.23. The first-order valence-corrected chi connectivity index (χ1v) is 9.46. The molecule has 26 heavy (non-hydrogen) atoms. The molecule has 0 fully saturated rings. The van der Waals surface area contributed by atoms with Gasteiger partial charge in [0.05, 0.1) is 7.11 Å². The third-order valence-corrected chi connectivity index (χ3v) is 5.63. The second-order valence-corrected chi connectivity index (χ2v) is 7.84. The number of ether oxygens (including phenoxy) is 1. The zero-order valence-corrected chi connectivity index (χ0v) is 15.1. The Hall–Kier alpha value is -2.46. The van der Waals surface area contributed by atoms with Crippen LogP contribution in [-0.4, -0.2) is 28.1 Å². The van der Waals surface area contributed by atoms with Crippen molar-refractivity contribution in [3.05, 3.63) is 46.5 Å². The maximum absolute atomic E-state index is 11.6. The highest BCUT2D eigenvalue weighted by Crippen LogP contribution is 2.57. The smallest absolute Gasteiger partial charge is 0.251 e. The van der Waals surface area contributed by atoms with Gasteiger partial charge in [-0.15, -0.1) is 4.40 Å². The molecule has 2 aliphatic heterocycles. The molecule has 10 heteroatoms. The minimum absolute atomic E-state index is 0.107. The summed E-state index contributed by atoms with van der Waals surface area (Å²) in [6.45, 7) is 0.452. The van der Waals surface area contributed by atoms with Crippen LogP contribution in [0, 0.1) is 0 Å². The molecular formula is C16H15ClN4O4S. The number of rotatable bonds is 2. The Morgan fingerprint density at radius 3 is 2.88 bits per heavy atom. The van der Waals surface area contributed by atoms with Gasteiger partial charge < -0.3 is 20.7 Å². The van der Waals surface area contributed by atoms with Gasteiger partial charge in [0.2, 0.25) is 5.96 Å². The van der Waals surface area contributed by atoms with Crippen LogP contribution >= 0.6 is 22.4 Å². The molecule has 8 nitrogen and oxygen atoms in total. The number of halogens is 1. The standard InChI is InChI=1S/C16H15ClN4O4S/c1-25-12-5-9(17)6-13-14(12)20-16(21-26(13,23)24)19-10-2-3-11-8(4-10)7-18-15(11)22/h2-6,23-24H,7H2,1H3,(H,18,22)(H2,19,20,21). The Kier molecular flexibility index (Phi) is 3.96. The van der Waals surface area contributed by atoms with E-state index in [0.717, 1.165) is 5.56 Å². The molecule has 2 heterocycles. The summed E-state index contributed by atoms with van der Waals surface area (Å²) in [6.07, 6.45) is 0. The normalized spacial score (nSPS) is 18.0. The Morgan fingerprint density at radius 2 is 2.12 bits per heavy atom. The summed E-state index contributed by atoms with van der Waals surface area (Å²) in [4.78, 5) is 11.8. The lowest BCUT2D eigenvalue weighted by atomic mass is 10.1. The second-order valence-electron chi connectivity index (χ2n) is 5.74. The number of nitrogens with zero attached hydrogens (tertiary/aromatic N) is 1. The third-order valence-electron chi connectivity index (χ3n) is 4.06. The molecule has 2 aromatic rings. The van der Waals surface area contributed by atoms with Crippen LogP contribution in [0.15, 0.2) is 39.6 Å². The molecule has 2 aliphatic rings. The average molecular weight is 395 g/mol. The lowest BCUT2D eigenvalue weighted by molar-refractivity contribution is 0.0965. The number of guanidine groups is 1. The van der Waals surface area contributed by atoms with Crippen LogP contribution in [-0.2, 0) is 6.54 Å². The average Bonchev–Trinajstić information content (AvgIpc) is 2.95. The molecule has 0 unspecified atom stereocenters. The van der Waals surface area contributed by atoms with E-state index in [1.54, 1.807) is 24.3 Å². The number of hydrogen-bond acceptors (Lipinski definition) is 7. The fourth-order valence-corrected chi connectivity index (χ4v) is 4.30. The van der Waals surface area contributed by atoms with Gasteiger partial charge in [0.1, 0.15) is 16.3 Å². The van der Waals surface area contributed by atoms with Crippen molar-refractivity contribution >= 4 is 45.6 Å². The van der Waals surface area contributed by atoms with Crippen LogP contribution in [0.5, 0.6) is 5.75 Å². The molecule has 1 amide bonds. The predicted octanol–water partition coefficient (Wildman–Crippen LogP) is 3.51. The fourth-order valence-electron chi connectivity index (χ4n) is 2.88. The van der Waals surface area contributed by atoms with Crippen molar-refractivity contribution in [2.75, 3.05) is 17.7 Å². The van der Waals surface area contributed by atoms with Crippen molar-refractivity contribution in [3.63, 3.8) is 0 Å². The van der Waals surface area contributed by atoms with E-state index in [9.17, 15) is 13.9 Å². The first kappa shape index (κ1) is 17.0. The fraction of sp³-hybridized carbons (Fsp3) is 0.125. The molecule has 0 bridgehead atoms. The lowest BCUT2D eigenvalue weighted by Crippen LogP contribution is -2.27. The number of nitrogens with one attached hydrogen (secondary N) is 3. The van der Waals surface area contributed by atoms with Crippen LogP contribution in [0.1, 0.15) is 15.9 Å². The highest BCUT2D eigenvalue weighted by atomic mass is 35.5. The van der Waals surface area contributed by atoms with Gasteiger partial charge in [0.25, 0.3) is 5.91 Å². The molecule has 0 aromatic heterocycles. The van der Waals surface area contributed by atoms with Crippen molar-refractivity contribution in [2.45, 2.75) is 11.4 Å². The van der Waals surface area contributed by atoms with Crippen LogP contribution < -0.4 is 20.7 Å². The molecule has 0 saturated heterocycles. The Bertz CT molecular complexity index is 964. The largest absolute Gasteiger partial charge is 0.494 e. The maximum atomic E-state index is 11.6. The highest BCUT2D eigenvalue weighted by Gasteiger charge is 2.29. The van der Waals surface area contributed by atoms with E-state index in [0.29, 0.717) is 34.3 Å². The number of fused-ring (bicyclic) bond motifs is 2. The van der Waals surface area contributed by atoms with Crippen molar-refractivity contribution in [1.29, 1.82) is 0 Å². The molecule has 0 radical (unpaired) electrons. The van der Waals surface area contributed by atoms with E-state index in [1.807, 2.05) is 0 Å². The third kappa shape index (κ3) is 2.84. The molecular weight excluding hydrogens is 380 g/mol. The Labute approximate surface area is 155 Å². The Morgan fingerprint density at radius 1 is 1.31 bits per heavy atom. The van der Waals surface area contributed by atoms with Gasteiger partial charge in [0.15, 0.2) is 0 Å². The molecule has 0 spiro atoms. The number of carbonyl (C=O) groups excluding carboxylic acids is 1. The van der Waals surface area contributed by atoms with Crippen molar-refractivity contribution < 1.29 is 18.6 Å². The number of methoxy groups -OCH3 is 1. The number of carbonyl (C=O) groups is 1. The molecule has 2 aromatic carbocycles. The van der Waals surface area contributed by atoms with Gasteiger partial charge >= 0.3 is 0 Å². The first-order valence-electron chi connectivity index (χ1n) is 7.58. The van der Waals surface area contributed by atoms with E-state index < -0.39 is 10.8 Å². The topological polar surface area (TPSA) is 115 Å². The van der Waals surface area contributed by atoms with Gasteiger partial charge in [-0.25, -0.2) is 0 Å². The summed E-state index contributed by atoms with van der Waals surface area (Å²) in [5.74, 6) is 0.408.